The van der Waals surface area contributed by atoms with Crippen molar-refractivity contribution >= 4 is 5.97 Å². The lowest BCUT2D eigenvalue weighted by molar-refractivity contribution is -0.141. The van der Waals surface area contributed by atoms with Crippen LogP contribution in [0, 0.1) is 5.92 Å². The van der Waals surface area contributed by atoms with Gasteiger partial charge in [-0.05, 0) is 10.4 Å². The van der Waals surface area contributed by atoms with Gasteiger partial charge < -0.3 is 5.11 Å². The van der Waals surface area contributed by atoms with Gasteiger partial charge in [0.05, 0.1) is 12.5 Å². The normalized spacial score (nSPS) is 13.8. The first-order chi connectivity index (χ1) is 7.29. The highest BCUT2D eigenvalue weighted by atomic mass is 19.4. The van der Waals surface area contributed by atoms with Crippen molar-refractivity contribution in [1.82, 2.24) is 20.2 Å². The van der Waals surface area contributed by atoms with Gasteiger partial charge in [-0.25, -0.2) is 4.68 Å². The summed E-state index contributed by atoms with van der Waals surface area (Å²) in [6.07, 6.45) is -5.69. The molecule has 0 aliphatic rings. The maximum Gasteiger partial charge on any atom is 0.396 e. The molecule has 0 fully saturated rings. The molecule has 1 rings (SSSR count). The third-order valence-electron chi connectivity index (χ3n) is 1.83. The van der Waals surface area contributed by atoms with E-state index in [0.29, 0.717) is 0 Å². The number of aliphatic carboxylic acids is 1. The van der Waals surface area contributed by atoms with Crippen LogP contribution in [0.3, 0.4) is 0 Å². The van der Waals surface area contributed by atoms with Crippen LogP contribution in [-0.2, 0) is 17.8 Å². The van der Waals surface area contributed by atoms with E-state index < -0.39 is 24.5 Å². The van der Waals surface area contributed by atoms with E-state index in [4.69, 9.17) is 5.11 Å². The van der Waals surface area contributed by atoms with Crippen molar-refractivity contribution < 1.29 is 23.1 Å². The van der Waals surface area contributed by atoms with Gasteiger partial charge in [0.25, 0.3) is 0 Å². The molecule has 1 aromatic rings. The van der Waals surface area contributed by atoms with Gasteiger partial charge in [0.15, 0.2) is 5.82 Å². The summed E-state index contributed by atoms with van der Waals surface area (Å²) in [6, 6.07) is 0. The Kier molecular flexibility index (Phi) is 3.45. The lowest BCUT2D eigenvalue weighted by atomic mass is 10.2. The highest BCUT2D eigenvalue weighted by molar-refractivity contribution is 5.69. The zero-order valence-electron chi connectivity index (χ0n) is 8.27. The minimum Gasteiger partial charge on any atom is -0.481 e. The van der Waals surface area contributed by atoms with Crippen molar-refractivity contribution in [3.05, 3.63) is 5.82 Å². The second kappa shape index (κ2) is 4.45. The van der Waals surface area contributed by atoms with E-state index in [0.717, 1.165) is 4.68 Å². The van der Waals surface area contributed by atoms with Crippen molar-refractivity contribution in [2.75, 3.05) is 0 Å². The predicted octanol–water partition coefficient (Wildman–Crippen LogP) is 0.499. The van der Waals surface area contributed by atoms with Crippen LogP contribution in [0.5, 0.6) is 0 Å². The van der Waals surface area contributed by atoms with Gasteiger partial charge in [0.1, 0.15) is 6.42 Å². The lowest BCUT2D eigenvalue weighted by Gasteiger charge is -2.09. The van der Waals surface area contributed by atoms with Crippen molar-refractivity contribution in [3.63, 3.8) is 0 Å². The summed E-state index contributed by atoms with van der Waals surface area (Å²) in [4.78, 5) is 10.5. The molecule has 1 aromatic heterocycles. The molecule has 1 N–H and O–H groups in total. The first-order valence-electron chi connectivity index (χ1n) is 4.34. The summed E-state index contributed by atoms with van der Waals surface area (Å²) < 4.78 is 37.1. The van der Waals surface area contributed by atoms with Crippen LogP contribution in [-0.4, -0.2) is 37.5 Å². The zero-order chi connectivity index (χ0) is 12.3. The van der Waals surface area contributed by atoms with Crippen LogP contribution in [0.2, 0.25) is 0 Å². The molecule has 16 heavy (non-hydrogen) atoms. The Morgan fingerprint density at radius 1 is 1.56 bits per heavy atom. The average molecular weight is 238 g/mol. The minimum atomic E-state index is -4.42. The first kappa shape index (κ1) is 12.4. The summed E-state index contributed by atoms with van der Waals surface area (Å²) in [6.45, 7) is 1.18. The topological polar surface area (TPSA) is 80.9 Å². The van der Waals surface area contributed by atoms with Gasteiger partial charge in [0.2, 0.25) is 0 Å². The number of halogens is 3. The molecule has 0 aliphatic carbocycles. The highest BCUT2D eigenvalue weighted by Crippen LogP contribution is 2.19. The van der Waals surface area contributed by atoms with Crippen molar-refractivity contribution in [2.24, 2.45) is 5.92 Å². The largest absolute Gasteiger partial charge is 0.481 e. The third-order valence-corrected chi connectivity index (χ3v) is 1.83. The van der Waals surface area contributed by atoms with E-state index in [2.05, 4.69) is 15.5 Å². The number of carbonyl (C=O) groups is 1. The molecule has 1 atom stereocenters. The van der Waals surface area contributed by atoms with Crippen molar-refractivity contribution in [2.45, 2.75) is 26.1 Å². The van der Waals surface area contributed by atoms with E-state index in [1.165, 1.54) is 6.92 Å². The predicted molar refractivity (Wildman–Crippen MR) is 44.4 cm³/mol. The number of rotatable bonds is 4. The minimum absolute atomic E-state index is 0.187. The summed E-state index contributed by atoms with van der Waals surface area (Å²) in [5.74, 6) is -2.36. The summed E-state index contributed by atoms with van der Waals surface area (Å²) in [7, 11) is 0. The third kappa shape index (κ3) is 3.48. The summed E-state index contributed by atoms with van der Waals surface area (Å²) in [5.41, 5.74) is 0. The molecule has 0 bridgehead atoms. The Labute approximate surface area is 88.1 Å². The number of hydrogen-bond acceptors (Lipinski definition) is 4. The maximum atomic E-state index is 12.1. The molecule has 0 aromatic carbocycles. The molecule has 0 aliphatic heterocycles. The van der Waals surface area contributed by atoms with Gasteiger partial charge in [-0.1, -0.05) is 6.92 Å². The second-order valence-electron chi connectivity index (χ2n) is 3.31. The Bertz CT molecular complexity index is 376. The van der Waals surface area contributed by atoms with Crippen LogP contribution in [0.1, 0.15) is 12.7 Å². The van der Waals surface area contributed by atoms with Crippen LogP contribution < -0.4 is 0 Å². The average Bonchev–Trinajstić information content (AvgIpc) is 2.49. The Hall–Kier alpha value is -1.67. The van der Waals surface area contributed by atoms with Crippen molar-refractivity contribution in [1.29, 1.82) is 0 Å². The molecular formula is C7H9F3N4O2. The molecular weight excluding hydrogens is 229 g/mol. The second-order valence-corrected chi connectivity index (χ2v) is 3.31. The fraction of sp³-hybridized carbons (Fsp3) is 0.714. The molecule has 0 saturated heterocycles. The molecule has 1 unspecified atom stereocenters. The fourth-order valence-corrected chi connectivity index (χ4v) is 1.01. The van der Waals surface area contributed by atoms with Crippen LogP contribution in [0.25, 0.3) is 0 Å². The van der Waals surface area contributed by atoms with Gasteiger partial charge >= 0.3 is 12.1 Å². The monoisotopic (exact) mass is 238 g/mol. The molecule has 0 radical (unpaired) electrons. The number of nitrogens with zero attached hydrogens (tertiary/aromatic N) is 4. The number of carboxylic acid groups (broad SMARTS) is 1. The van der Waals surface area contributed by atoms with E-state index >= 15 is 0 Å². The number of alkyl halides is 3. The Morgan fingerprint density at radius 2 is 2.19 bits per heavy atom. The van der Waals surface area contributed by atoms with E-state index in [-0.39, 0.29) is 12.4 Å². The van der Waals surface area contributed by atoms with Crippen LogP contribution >= 0.6 is 0 Å². The van der Waals surface area contributed by atoms with Crippen LogP contribution in [0.15, 0.2) is 0 Å². The van der Waals surface area contributed by atoms with Crippen LogP contribution in [0.4, 0.5) is 13.2 Å². The smallest absolute Gasteiger partial charge is 0.396 e. The van der Waals surface area contributed by atoms with Gasteiger partial charge in [-0.2, -0.15) is 13.2 Å². The van der Waals surface area contributed by atoms with Gasteiger partial charge in [-0.15, -0.1) is 5.10 Å². The van der Waals surface area contributed by atoms with E-state index in [9.17, 15) is 18.0 Å². The zero-order valence-corrected chi connectivity index (χ0v) is 8.27. The standard InChI is InChI=1S/C7H9F3N4O2/c1-4(6(15)16)3-14-5(11-12-13-14)2-7(8,9)10/h4H,2-3H2,1H3,(H,15,16). The molecule has 9 heteroatoms. The Balaban J connectivity index is 2.75. The van der Waals surface area contributed by atoms with E-state index in [1.54, 1.807) is 0 Å². The lowest BCUT2D eigenvalue weighted by Crippen LogP contribution is -2.22. The summed E-state index contributed by atoms with van der Waals surface area (Å²) in [5, 5.41) is 18.2. The SMILES string of the molecule is CC(Cn1nnnc1CC(F)(F)F)C(=O)O. The fourth-order valence-electron chi connectivity index (χ4n) is 1.01. The number of aromatic nitrogens is 4. The number of hydrogen-bond donors (Lipinski definition) is 1. The quantitative estimate of drug-likeness (QED) is 0.825. The highest BCUT2D eigenvalue weighted by Gasteiger charge is 2.31. The number of carboxylic acids is 1. The summed E-state index contributed by atoms with van der Waals surface area (Å²) >= 11 is 0. The molecule has 0 spiro atoms. The van der Waals surface area contributed by atoms with Gasteiger partial charge in [-0.3, -0.25) is 4.79 Å². The molecule has 1 heterocycles. The molecule has 90 valence electrons. The number of tetrazole rings is 1. The maximum absolute atomic E-state index is 12.1. The Morgan fingerprint density at radius 3 is 2.69 bits per heavy atom. The van der Waals surface area contributed by atoms with E-state index in [1.807, 2.05) is 0 Å². The molecule has 6 nitrogen and oxygen atoms in total. The first-order valence-corrected chi connectivity index (χ1v) is 4.34. The molecule has 0 saturated carbocycles. The van der Waals surface area contributed by atoms with Gasteiger partial charge in [0, 0.05) is 0 Å². The van der Waals surface area contributed by atoms with Crippen molar-refractivity contribution in [3.8, 4) is 0 Å². The molecule has 0 amide bonds.